The molecule has 0 bridgehead atoms. The standard InChI is InChI=1S/C24H23F2N3O3/c1-2-28(14-16-5-3-6-18(26)13-16)22(30)15-32-24(31)23-20-7-4-8-21(20)29(27-23)19-11-9-17(25)10-12-19/h3,5-6,9-13H,2,4,7-8,14-15H2,1H3. The van der Waals surface area contributed by atoms with Gasteiger partial charge in [0.1, 0.15) is 11.6 Å². The molecule has 0 aliphatic heterocycles. The van der Waals surface area contributed by atoms with Crippen LogP contribution in [0.2, 0.25) is 0 Å². The fraction of sp³-hybridized carbons (Fsp3) is 0.292. The van der Waals surface area contributed by atoms with Gasteiger partial charge in [0.25, 0.3) is 5.91 Å². The highest BCUT2D eigenvalue weighted by molar-refractivity contribution is 5.91. The van der Waals surface area contributed by atoms with Crippen LogP contribution >= 0.6 is 0 Å². The molecule has 0 spiro atoms. The van der Waals surface area contributed by atoms with Gasteiger partial charge < -0.3 is 9.64 Å². The highest BCUT2D eigenvalue weighted by Gasteiger charge is 2.28. The summed E-state index contributed by atoms with van der Waals surface area (Å²) in [5.74, 6) is -1.77. The molecule has 0 unspecified atom stereocenters. The molecule has 0 atom stereocenters. The van der Waals surface area contributed by atoms with Crippen LogP contribution in [0.25, 0.3) is 5.69 Å². The third-order valence-corrected chi connectivity index (χ3v) is 5.52. The molecule has 0 saturated carbocycles. The molecule has 3 aromatic rings. The maximum Gasteiger partial charge on any atom is 0.359 e. The zero-order valence-corrected chi connectivity index (χ0v) is 17.7. The van der Waals surface area contributed by atoms with Crippen molar-refractivity contribution >= 4 is 11.9 Å². The van der Waals surface area contributed by atoms with Gasteiger partial charge in [0.05, 0.1) is 5.69 Å². The molecular formula is C24H23F2N3O3. The number of aromatic nitrogens is 2. The number of carbonyl (C=O) groups excluding carboxylic acids is 2. The zero-order chi connectivity index (χ0) is 22.7. The third-order valence-electron chi connectivity index (χ3n) is 5.52. The predicted octanol–water partition coefficient (Wildman–Crippen LogP) is 3.84. The normalized spacial score (nSPS) is 12.5. The van der Waals surface area contributed by atoms with Crippen LogP contribution in [0.15, 0.2) is 48.5 Å². The smallest absolute Gasteiger partial charge is 0.359 e. The first-order chi connectivity index (χ1) is 15.5. The van der Waals surface area contributed by atoms with E-state index in [2.05, 4.69) is 5.10 Å². The number of hydrogen-bond acceptors (Lipinski definition) is 4. The summed E-state index contributed by atoms with van der Waals surface area (Å²) in [4.78, 5) is 26.8. The summed E-state index contributed by atoms with van der Waals surface area (Å²) < 4.78 is 33.6. The van der Waals surface area contributed by atoms with Gasteiger partial charge in [-0.2, -0.15) is 5.10 Å². The first-order valence-electron chi connectivity index (χ1n) is 10.5. The number of hydrogen-bond donors (Lipinski definition) is 0. The van der Waals surface area contributed by atoms with Gasteiger partial charge in [0, 0.05) is 24.3 Å². The van der Waals surface area contributed by atoms with Gasteiger partial charge >= 0.3 is 5.97 Å². The molecule has 1 aromatic heterocycles. The van der Waals surface area contributed by atoms with Crippen LogP contribution in [0, 0.1) is 11.6 Å². The van der Waals surface area contributed by atoms with E-state index < -0.39 is 12.6 Å². The van der Waals surface area contributed by atoms with Gasteiger partial charge in [-0.1, -0.05) is 12.1 Å². The Balaban J connectivity index is 1.45. The lowest BCUT2D eigenvalue weighted by atomic mass is 10.2. The number of fused-ring (bicyclic) bond motifs is 1. The molecule has 32 heavy (non-hydrogen) atoms. The van der Waals surface area contributed by atoms with Gasteiger partial charge in [0.15, 0.2) is 12.3 Å². The summed E-state index contributed by atoms with van der Waals surface area (Å²) in [6, 6.07) is 11.9. The number of likely N-dealkylation sites (N-methyl/N-ethyl adjacent to an activating group) is 1. The van der Waals surface area contributed by atoms with Crippen LogP contribution in [0.4, 0.5) is 8.78 Å². The molecule has 166 valence electrons. The van der Waals surface area contributed by atoms with Crippen molar-refractivity contribution in [1.82, 2.24) is 14.7 Å². The quantitative estimate of drug-likeness (QED) is 0.525. The minimum absolute atomic E-state index is 0.183. The number of carbonyl (C=O) groups is 2. The van der Waals surface area contributed by atoms with E-state index in [-0.39, 0.29) is 29.8 Å². The fourth-order valence-electron chi connectivity index (χ4n) is 3.92. The van der Waals surface area contributed by atoms with Gasteiger partial charge in [0.2, 0.25) is 0 Å². The average Bonchev–Trinajstić information content (AvgIpc) is 3.39. The van der Waals surface area contributed by atoms with Gasteiger partial charge in [-0.15, -0.1) is 0 Å². The van der Waals surface area contributed by atoms with Gasteiger partial charge in [-0.3, -0.25) is 4.79 Å². The molecular weight excluding hydrogens is 416 g/mol. The number of amides is 1. The van der Waals surface area contributed by atoms with Crippen LogP contribution < -0.4 is 0 Å². The molecule has 2 aromatic carbocycles. The second-order valence-electron chi connectivity index (χ2n) is 7.63. The fourth-order valence-corrected chi connectivity index (χ4v) is 3.92. The molecule has 1 aliphatic rings. The average molecular weight is 439 g/mol. The maximum absolute atomic E-state index is 13.4. The van der Waals surface area contributed by atoms with Crippen molar-refractivity contribution in [3.63, 3.8) is 0 Å². The van der Waals surface area contributed by atoms with Crippen molar-refractivity contribution in [3.05, 3.63) is 82.7 Å². The monoisotopic (exact) mass is 439 g/mol. The summed E-state index contributed by atoms with van der Waals surface area (Å²) in [6.45, 7) is 1.98. The Kier molecular flexibility index (Phi) is 6.30. The summed E-state index contributed by atoms with van der Waals surface area (Å²) >= 11 is 0. The van der Waals surface area contributed by atoms with E-state index in [1.807, 2.05) is 0 Å². The van der Waals surface area contributed by atoms with E-state index in [1.165, 1.54) is 29.2 Å². The van der Waals surface area contributed by atoms with Crippen LogP contribution in [-0.4, -0.2) is 39.7 Å². The summed E-state index contributed by atoms with van der Waals surface area (Å²) in [7, 11) is 0. The molecule has 1 heterocycles. The van der Waals surface area contributed by atoms with Crippen LogP contribution in [0.5, 0.6) is 0 Å². The minimum atomic E-state index is -0.667. The number of rotatable bonds is 7. The Morgan fingerprint density at radius 2 is 1.88 bits per heavy atom. The predicted molar refractivity (Wildman–Crippen MR) is 113 cm³/mol. The van der Waals surface area contributed by atoms with Crippen molar-refractivity contribution in [2.45, 2.75) is 32.7 Å². The second kappa shape index (κ2) is 9.30. The Labute approximate surface area is 184 Å². The van der Waals surface area contributed by atoms with Crippen LogP contribution in [0.3, 0.4) is 0 Å². The lowest BCUT2D eigenvalue weighted by Crippen LogP contribution is -2.34. The molecule has 0 saturated heterocycles. The highest BCUT2D eigenvalue weighted by Crippen LogP contribution is 2.28. The van der Waals surface area contributed by atoms with Gasteiger partial charge in [-0.25, -0.2) is 18.3 Å². The van der Waals surface area contributed by atoms with Gasteiger partial charge in [-0.05, 0) is 68.1 Å². The van der Waals surface area contributed by atoms with E-state index in [0.29, 0.717) is 24.2 Å². The molecule has 8 heteroatoms. The highest BCUT2D eigenvalue weighted by atomic mass is 19.1. The van der Waals surface area contributed by atoms with Crippen molar-refractivity contribution in [2.24, 2.45) is 0 Å². The van der Waals surface area contributed by atoms with E-state index >= 15 is 0 Å². The molecule has 0 radical (unpaired) electrons. The van der Waals surface area contributed by atoms with E-state index in [4.69, 9.17) is 4.74 Å². The number of ether oxygens (including phenoxy) is 1. The number of nitrogens with zero attached hydrogens (tertiary/aromatic N) is 3. The largest absolute Gasteiger partial charge is 0.451 e. The number of benzene rings is 2. The summed E-state index contributed by atoms with van der Waals surface area (Å²) in [6.07, 6.45) is 2.32. The molecule has 0 fully saturated rings. The Bertz CT molecular complexity index is 1140. The van der Waals surface area contributed by atoms with E-state index in [1.54, 1.807) is 35.9 Å². The third kappa shape index (κ3) is 4.54. The van der Waals surface area contributed by atoms with E-state index in [0.717, 1.165) is 24.1 Å². The Hall–Kier alpha value is -3.55. The molecule has 1 aliphatic carbocycles. The molecule has 0 N–H and O–H groups in total. The first-order valence-corrected chi connectivity index (χ1v) is 10.5. The van der Waals surface area contributed by atoms with Crippen LogP contribution in [-0.2, 0) is 28.9 Å². The Morgan fingerprint density at radius 1 is 1.09 bits per heavy atom. The van der Waals surface area contributed by atoms with Crippen molar-refractivity contribution in [2.75, 3.05) is 13.2 Å². The maximum atomic E-state index is 13.4. The molecule has 1 amide bonds. The summed E-state index contributed by atoms with van der Waals surface area (Å²) in [5.41, 5.74) is 3.20. The lowest BCUT2D eigenvalue weighted by Gasteiger charge is -2.20. The van der Waals surface area contributed by atoms with Crippen molar-refractivity contribution in [1.29, 1.82) is 0 Å². The number of esters is 1. The van der Waals surface area contributed by atoms with Crippen molar-refractivity contribution in [3.8, 4) is 5.69 Å². The Morgan fingerprint density at radius 3 is 2.59 bits per heavy atom. The zero-order valence-electron chi connectivity index (χ0n) is 17.7. The second-order valence-corrected chi connectivity index (χ2v) is 7.63. The lowest BCUT2D eigenvalue weighted by molar-refractivity contribution is -0.135. The topological polar surface area (TPSA) is 64.4 Å². The molecule has 4 rings (SSSR count). The summed E-state index contributed by atoms with van der Waals surface area (Å²) in [5, 5.41) is 4.41. The van der Waals surface area contributed by atoms with Crippen molar-refractivity contribution < 1.29 is 23.1 Å². The first kappa shape index (κ1) is 21.7. The number of halogens is 2. The molecule has 6 nitrogen and oxygen atoms in total. The van der Waals surface area contributed by atoms with Crippen LogP contribution in [0.1, 0.15) is 40.7 Å². The minimum Gasteiger partial charge on any atom is -0.451 e. The SMILES string of the molecule is CCN(Cc1cccc(F)c1)C(=O)COC(=O)c1nn(-c2ccc(F)cc2)c2c1CCC2. The van der Waals surface area contributed by atoms with E-state index in [9.17, 15) is 18.4 Å².